The van der Waals surface area contributed by atoms with Crippen LogP contribution in [0.4, 0.5) is 4.39 Å². The summed E-state index contributed by atoms with van der Waals surface area (Å²) in [5.41, 5.74) is 5.50. The molecule has 0 aliphatic carbocycles. The largest absolute Gasteiger partial charge is 0.481 e. The second-order valence-electron chi connectivity index (χ2n) is 11.8. The van der Waals surface area contributed by atoms with Crippen LogP contribution in [-0.2, 0) is 11.3 Å². The number of rotatable bonds is 8. The van der Waals surface area contributed by atoms with Gasteiger partial charge in [-0.25, -0.2) is 9.07 Å². The summed E-state index contributed by atoms with van der Waals surface area (Å²) in [6.07, 6.45) is 4.37. The second-order valence-corrected chi connectivity index (χ2v) is 11.8. The van der Waals surface area contributed by atoms with Gasteiger partial charge in [0.15, 0.2) is 0 Å². The van der Waals surface area contributed by atoms with E-state index in [4.69, 9.17) is 0 Å². The number of likely N-dealkylation sites (tertiary alicyclic amines) is 2. The van der Waals surface area contributed by atoms with Gasteiger partial charge in [0.05, 0.1) is 29.1 Å². The lowest BCUT2D eigenvalue weighted by molar-refractivity contribution is -0.138. The molecule has 6 rings (SSSR count). The van der Waals surface area contributed by atoms with E-state index in [9.17, 15) is 19.1 Å². The summed E-state index contributed by atoms with van der Waals surface area (Å²) in [6.45, 7) is 5.60. The van der Waals surface area contributed by atoms with Crippen molar-refractivity contribution in [3.63, 3.8) is 0 Å². The Balaban J connectivity index is 1.19. The summed E-state index contributed by atoms with van der Waals surface area (Å²) in [6, 6.07) is 24.5. The molecule has 3 heterocycles. The van der Waals surface area contributed by atoms with Crippen molar-refractivity contribution in [3.8, 4) is 5.69 Å². The van der Waals surface area contributed by atoms with Gasteiger partial charge in [-0.2, -0.15) is 5.10 Å². The zero-order valence-corrected chi connectivity index (χ0v) is 24.4. The van der Waals surface area contributed by atoms with Crippen LogP contribution in [0.25, 0.3) is 5.69 Å². The van der Waals surface area contributed by atoms with Gasteiger partial charge in [-0.1, -0.05) is 54.6 Å². The minimum absolute atomic E-state index is 0.0138. The Bertz CT molecular complexity index is 1560. The molecule has 0 spiro atoms. The van der Waals surface area contributed by atoms with Crippen molar-refractivity contribution in [1.29, 1.82) is 0 Å². The monoisotopic (exact) mass is 580 g/mol. The lowest BCUT2D eigenvalue weighted by Crippen LogP contribution is -2.34. The predicted octanol–water partition coefficient (Wildman–Crippen LogP) is 6.21. The Morgan fingerprint density at radius 2 is 1.58 bits per heavy atom. The Hall–Kier alpha value is -4.30. The minimum Gasteiger partial charge on any atom is -0.481 e. The van der Waals surface area contributed by atoms with Crippen molar-refractivity contribution in [2.24, 2.45) is 0 Å². The molecular weight excluding hydrogens is 543 g/mol. The quantitative estimate of drug-likeness (QED) is 0.268. The van der Waals surface area contributed by atoms with E-state index >= 15 is 0 Å². The molecule has 2 saturated heterocycles. The van der Waals surface area contributed by atoms with E-state index in [0.717, 1.165) is 61.4 Å². The number of carbonyl (C=O) groups excluding carboxylic acids is 1. The van der Waals surface area contributed by atoms with Crippen LogP contribution in [0.15, 0.2) is 85.1 Å². The number of aliphatic carboxylic acids is 1. The highest BCUT2D eigenvalue weighted by molar-refractivity contribution is 5.95. The van der Waals surface area contributed by atoms with Gasteiger partial charge in [-0.3, -0.25) is 14.5 Å². The number of carboxylic acids is 1. The molecule has 1 N–H and O–H groups in total. The molecule has 1 unspecified atom stereocenters. The van der Waals surface area contributed by atoms with Gasteiger partial charge in [0.2, 0.25) is 0 Å². The van der Waals surface area contributed by atoms with Crippen LogP contribution in [0, 0.1) is 5.82 Å². The van der Waals surface area contributed by atoms with Crippen molar-refractivity contribution in [2.75, 3.05) is 26.2 Å². The fourth-order valence-corrected chi connectivity index (χ4v) is 6.49. The molecule has 0 radical (unpaired) electrons. The number of aromatic nitrogens is 2. The van der Waals surface area contributed by atoms with Gasteiger partial charge < -0.3 is 10.0 Å². The van der Waals surface area contributed by atoms with Crippen LogP contribution in [0.3, 0.4) is 0 Å². The highest BCUT2D eigenvalue weighted by Crippen LogP contribution is 2.35. The molecule has 1 amide bonds. The number of halogens is 1. The molecule has 43 heavy (non-hydrogen) atoms. The van der Waals surface area contributed by atoms with Gasteiger partial charge in [0.1, 0.15) is 5.82 Å². The Morgan fingerprint density at radius 1 is 0.907 bits per heavy atom. The number of benzene rings is 3. The lowest BCUT2D eigenvalue weighted by atomic mass is 9.90. The smallest absolute Gasteiger partial charge is 0.310 e. The molecule has 2 aliphatic rings. The standard InChI is InChI=1S/C35H37FN4O3/c1-24(35(42)43)26-9-7-25(8-10-26)22-38-18-15-28(16-19-38)33-32(21-37-40(33)31-13-11-30(36)12-14-31)34(41)39-20-17-29(23-39)27-5-3-2-4-6-27/h2-14,21,24,28-29H,15-20,22-23H2,1H3,(H,42,43)/t24?,29-/m0/s1. The molecule has 2 aliphatic heterocycles. The first-order chi connectivity index (χ1) is 20.9. The van der Waals surface area contributed by atoms with Crippen LogP contribution in [0.1, 0.15) is 76.7 Å². The third-order valence-electron chi connectivity index (χ3n) is 9.09. The fourth-order valence-electron chi connectivity index (χ4n) is 6.49. The highest BCUT2D eigenvalue weighted by atomic mass is 19.1. The number of carboxylic acid groups (broad SMARTS) is 1. The van der Waals surface area contributed by atoms with Gasteiger partial charge in [-0.05, 0) is 80.2 Å². The predicted molar refractivity (Wildman–Crippen MR) is 163 cm³/mol. The number of amides is 1. The highest BCUT2D eigenvalue weighted by Gasteiger charge is 2.34. The maximum atomic E-state index is 14.0. The van der Waals surface area contributed by atoms with E-state index in [0.29, 0.717) is 24.6 Å². The minimum atomic E-state index is -0.826. The molecule has 2 fully saturated rings. The van der Waals surface area contributed by atoms with Gasteiger partial charge in [0.25, 0.3) is 5.91 Å². The summed E-state index contributed by atoms with van der Waals surface area (Å²) in [7, 11) is 0. The van der Waals surface area contributed by atoms with Crippen molar-refractivity contribution in [1.82, 2.24) is 19.6 Å². The maximum absolute atomic E-state index is 14.0. The molecular formula is C35H37FN4O3. The zero-order valence-electron chi connectivity index (χ0n) is 24.4. The summed E-state index contributed by atoms with van der Waals surface area (Å²) < 4.78 is 15.6. The number of hydrogen-bond donors (Lipinski definition) is 1. The Kier molecular flexibility index (Phi) is 8.38. The Labute approximate surface area is 251 Å². The molecule has 1 aromatic heterocycles. The third-order valence-corrected chi connectivity index (χ3v) is 9.09. The van der Waals surface area contributed by atoms with Crippen LogP contribution < -0.4 is 0 Å². The van der Waals surface area contributed by atoms with Crippen LogP contribution in [0.5, 0.6) is 0 Å². The van der Waals surface area contributed by atoms with Gasteiger partial charge in [-0.15, -0.1) is 0 Å². The molecule has 4 aromatic rings. The van der Waals surface area contributed by atoms with Crippen molar-refractivity contribution < 1.29 is 19.1 Å². The van der Waals surface area contributed by atoms with E-state index in [1.165, 1.54) is 17.7 Å². The molecule has 2 atom stereocenters. The number of nitrogens with zero attached hydrogens (tertiary/aromatic N) is 4. The fraction of sp³-hybridized carbons (Fsp3) is 0.343. The van der Waals surface area contributed by atoms with Crippen LogP contribution in [-0.4, -0.2) is 62.7 Å². The van der Waals surface area contributed by atoms with E-state index in [-0.39, 0.29) is 17.6 Å². The molecule has 222 valence electrons. The normalized spacial score (nSPS) is 18.6. The van der Waals surface area contributed by atoms with E-state index < -0.39 is 11.9 Å². The van der Waals surface area contributed by atoms with E-state index in [1.807, 2.05) is 52.0 Å². The number of hydrogen-bond acceptors (Lipinski definition) is 4. The van der Waals surface area contributed by atoms with Crippen LogP contribution >= 0.6 is 0 Å². The van der Waals surface area contributed by atoms with Crippen molar-refractivity contribution in [3.05, 3.63) is 119 Å². The topological polar surface area (TPSA) is 78.7 Å². The number of piperidine rings is 1. The second kappa shape index (κ2) is 12.5. The third kappa shape index (κ3) is 6.25. The van der Waals surface area contributed by atoms with Gasteiger partial charge in [0, 0.05) is 31.5 Å². The number of carbonyl (C=O) groups is 2. The lowest BCUT2D eigenvalue weighted by Gasteiger charge is -2.33. The molecule has 3 aromatic carbocycles. The molecule has 0 bridgehead atoms. The molecule has 0 saturated carbocycles. The van der Waals surface area contributed by atoms with Crippen molar-refractivity contribution in [2.45, 2.75) is 50.5 Å². The first kappa shape index (κ1) is 28.8. The first-order valence-electron chi connectivity index (χ1n) is 15.1. The molecule has 8 heteroatoms. The van der Waals surface area contributed by atoms with Gasteiger partial charge >= 0.3 is 5.97 Å². The summed E-state index contributed by atoms with van der Waals surface area (Å²) in [4.78, 5) is 29.6. The van der Waals surface area contributed by atoms with Crippen molar-refractivity contribution >= 4 is 11.9 Å². The zero-order chi connectivity index (χ0) is 29.9. The van der Waals surface area contributed by atoms with E-state index in [2.05, 4.69) is 22.1 Å². The average molecular weight is 581 g/mol. The Morgan fingerprint density at radius 3 is 2.26 bits per heavy atom. The average Bonchev–Trinajstić information content (AvgIpc) is 3.71. The maximum Gasteiger partial charge on any atom is 0.310 e. The summed E-state index contributed by atoms with van der Waals surface area (Å²) in [5, 5.41) is 14.0. The summed E-state index contributed by atoms with van der Waals surface area (Å²) >= 11 is 0. The van der Waals surface area contributed by atoms with E-state index in [1.54, 1.807) is 25.3 Å². The summed E-state index contributed by atoms with van der Waals surface area (Å²) in [5.74, 6) is -1.19. The molecule has 7 nitrogen and oxygen atoms in total. The SMILES string of the molecule is CC(C(=O)O)c1ccc(CN2CCC(c3c(C(=O)N4CC[C@H](c5ccccc5)C4)cnn3-c3ccc(F)cc3)CC2)cc1. The first-order valence-corrected chi connectivity index (χ1v) is 15.1. The van der Waals surface area contributed by atoms with Crippen LogP contribution in [0.2, 0.25) is 0 Å².